The van der Waals surface area contributed by atoms with Crippen molar-refractivity contribution in [1.82, 2.24) is 0 Å². The molecule has 5 nitrogen and oxygen atoms in total. The van der Waals surface area contributed by atoms with Crippen molar-refractivity contribution >= 4 is 24.3 Å². The van der Waals surface area contributed by atoms with E-state index in [9.17, 15) is 13.2 Å². The number of nitrogens with zero attached hydrogens (tertiary/aromatic N) is 1. The van der Waals surface area contributed by atoms with Gasteiger partial charge in [0.1, 0.15) is 23.0 Å². The van der Waals surface area contributed by atoms with Crippen LogP contribution < -0.4 is 23.5 Å². The molecule has 184 valence electrons. The minimum absolute atomic E-state index is 0.379. The Kier molecular flexibility index (Phi) is 8.41. The summed E-state index contributed by atoms with van der Waals surface area (Å²) in [5.74, 6) is 2.33. The van der Waals surface area contributed by atoms with Gasteiger partial charge in [-0.2, -0.15) is 17.7 Å². The fourth-order valence-corrected chi connectivity index (χ4v) is 3.49. The zero-order chi connectivity index (χ0) is 25.4. The normalized spacial score (nSPS) is 11.7. The molecule has 2 aromatic carbocycles. The van der Waals surface area contributed by atoms with Crippen LogP contribution in [-0.2, 0) is 6.54 Å². The van der Waals surface area contributed by atoms with Crippen LogP contribution in [0.3, 0.4) is 0 Å². The van der Waals surface area contributed by atoms with Crippen LogP contribution in [0.15, 0.2) is 54.6 Å². The van der Waals surface area contributed by atoms with Crippen LogP contribution in [0.25, 0.3) is 24.3 Å². The highest BCUT2D eigenvalue weighted by Crippen LogP contribution is 2.27. The van der Waals surface area contributed by atoms with Gasteiger partial charge in [0, 0.05) is 47.5 Å². The van der Waals surface area contributed by atoms with E-state index in [1.54, 1.807) is 93.1 Å². The van der Waals surface area contributed by atoms with Gasteiger partial charge in [-0.3, -0.25) is 0 Å². The average molecular weight is 487 g/mol. The van der Waals surface area contributed by atoms with Crippen molar-refractivity contribution in [3.63, 3.8) is 0 Å². The Bertz CT molecular complexity index is 1140. The first-order chi connectivity index (χ1) is 16.8. The van der Waals surface area contributed by atoms with Crippen LogP contribution in [0.1, 0.15) is 22.5 Å². The molecule has 35 heavy (non-hydrogen) atoms. The maximum absolute atomic E-state index is 13.5. The Hall–Kier alpha value is -3.94. The number of ether oxygens (including phenoxy) is 4. The Morgan fingerprint density at radius 2 is 1.11 bits per heavy atom. The second-order valence-electron chi connectivity index (χ2n) is 7.46. The molecular weight excluding hydrogens is 459 g/mol. The van der Waals surface area contributed by atoms with Gasteiger partial charge in [-0.25, -0.2) is 0 Å². The molecule has 0 unspecified atom stereocenters. The van der Waals surface area contributed by atoms with E-state index in [1.165, 1.54) is 18.8 Å². The zero-order valence-electron chi connectivity index (χ0n) is 19.9. The molecule has 0 bridgehead atoms. The number of pyridine rings is 1. The highest BCUT2D eigenvalue weighted by Gasteiger charge is 2.35. The van der Waals surface area contributed by atoms with Gasteiger partial charge >= 0.3 is 6.18 Å². The lowest BCUT2D eigenvalue weighted by molar-refractivity contribution is -0.722. The molecule has 1 aromatic heterocycles. The molecule has 0 aliphatic carbocycles. The number of hydrogen-bond donors (Lipinski definition) is 0. The number of rotatable bonds is 9. The molecule has 3 rings (SSSR count). The SMILES string of the molecule is COc1ccc(/C=C/c2cccc(/C=C/c3ccc(OC)cc3OC)[n+]2CC(F)(F)F)c(OC)c1. The standard InChI is InChI=1S/C27H27F3NO4/c1-32-23-14-10-19(25(16-23)34-3)8-12-21-6-5-7-22(31(21)18-27(28,29)30)13-9-20-11-15-24(33-2)17-26(20)35-4/h5-17H,18H2,1-4H3/q+1/b12-8+,13-9+. The lowest BCUT2D eigenvalue weighted by atomic mass is 10.1. The van der Waals surface area contributed by atoms with E-state index < -0.39 is 12.7 Å². The summed E-state index contributed by atoms with van der Waals surface area (Å²) in [6.45, 7) is -1.15. The van der Waals surface area contributed by atoms with E-state index in [0.29, 0.717) is 45.5 Å². The topological polar surface area (TPSA) is 40.8 Å². The summed E-state index contributed by atoms with van der Waals surface area (Å²) in [7, 11) is 6.14. The molecule has 0 fully saturated rings. The Morgan fingerprint density at radius 1 is 0.657 bits per heavy atom. The van der Waals surface area contributed by atoms with Crippen molar-refractivity contribution < 1.29 is 36.7 Å². The van der Waals surface area contributed by atoms with Crippen LogP contribution in [0.5, 0.6) is 23.0 Å². The van der Waals surface area contributed by atoms with Gasteiger partial charge in [0.25, 0.3) is 0 Å². The van der Waals surface area contributed by atoms with Gasteiger partial charge in [0.2, 0.25) is 17.9 Å². The fourth-order valence-electron chi connectivity index (χ4n) is 3.49. The first-order valence-electron chi connectivity index (χ1n) is 10.7. The molecule has 0 aliphatic heterocycles. The first-order valence-corrected chi connectivity index (χ1v) is 10.7. The van der Waals surface area contributed by atoms with E-state index >= 15 is 0 Å². The lowest BCUT2D eigenvalue weighted by Crippen LogP contribution is -2.46. The third-order valence-corrected chi connectivity index (χ3v) is 5.24. The average Bonchev–Trinajstić information content (AvgIpc) is 2.86. The van der Waals surface area contributed by atoms with Gasteiger partial charge in [-0.05, 0) is 42.5 Å². The smallest absolute Gasteiger partial charge is 0.448 e. The number of alkyl halides is 3. The molecule has 0 spiro atoms. The third kappa shape index (κ3) is 6.79. The number of hydrogen-bond acceptors (Lipinski definition) is 4. The molecule has 0 atom stereocenters. The molecule has 0 radical (unpaired) electrons. The van der Waals surface area contributed by atoms with Crippen molar-refractivity contribution in [3.05, 3.63) is 77.1 Å². The fraction of sp³-hybridized carbons (Fsp3) is 0.222. The van der Waals surface area contributed by atoms with E-state index in [0.717, 1.165) is 0 Å². The zero-order valence-corrected chi connectivity index (χ0v) is 19.9. The van der Waals surface area contributed by atoms with Crippen molar-refractivity contribution in [2.75, 3.05) is 28.4 Å². The summed E-state index contributed by atoms with van der Waals surface area (Å²) >= 11 is 0. The van der Waals surface area contributed by atoms with Crippen LogP contribution >= 0.6 is 0 Å². The van der Waals surface area contributed by atoms with Gasteiger partial charge in [0.05, 0.1) is 28.4 Å². The molecule has 0 amide bonds. The summed E-state index contributed by atoms with van der Waals surface area (Å²) in [6, 6.07) is 15.5. The molecule has 3 aromatic rings. The highest BCUT2D eigenvalue weighted by atomic mass is 19.4. The van der Waals surface area contributed by atoms with Crippen molar-refractivity contribution in [1.29, 1.82) is 0 Å². The minimum Gasteiger partial charge on any atom is -0.497 e. The summed E-state index contributed by atoms with van der Waals surface area (Å²) in [4.78, 5) is 0. The number of benzene rings is 2. The largest absolute Gasteiger partial charge is 0.497 e. The number of methoxy groups -OCH3 is 4. The highest BCUT2D eigenvalue weighted by molar-refractivity contribution is 5.73. The molecule has 0 saturated heterocycles. The van der Waals surface area contributed by atoms with Gasteiger partial charge in [-0.1, -0.05) is 0 Å². The molecule has 1 heterocycles. The van der Waals surface area contributed by atoms with E-state index in [-0.39, 0.29) is 0 Å². The monoisotopic (exact) mass is 486 g/mol. The molecule has 0 N–H and O–H groups in total. The second-order valence-corrected chi connectivity index (χ2v) is 7.46. The molecular formula is C27H27F3NO4+. The van der Waals surface area contributed by atoms with E-state index in [1.807, 2.05) is 0 Å². The predicted octanol–water partition coefficient (Wildman–Crippen LogP) is 5.91. The molecule has 0 aliphatic rings. The van der Waals surface area contributed by atoms with Crippen molar-refractivity contribution in [2.45, 2.75) is 12.7 Å². The van der Waals surface area contributed by atoms with Crippen LogP contribution in [0.4, 0.5) is 13.2 Å². The molecule has 0 saturated carbocycles. The van der Waals surface area contributed by atoms with Crippen LogP contribution in [-0.4, -0.2) is 34.6 Å². The Balaban J connectivity index is 2.02. The van der Waals surface area contributed by atoms with Crippen molar-refractivity contribution in [2.24, 2.45) is 0 Å². The summed E-state index contributed by atoms with van der Waals surface area (Å²) in [6.07, 6.45) is 2.26. The van der Waals surface area contributed by atoms with Gasteiger partial charge < -0.3 is 18.9 Å². The predicted molar refractivity (Wildman–Crippen MR) is 130 cm³/mol. The maximum Gasteiger partial charge on any atom is 0.448 e. The van der Waals surface area contributed by atoms with Gasteiger partial charge in [-0.15, -0.1) is 0 Å². The second kappa shape index (κ2) is 11.5. The van der Waals surface area contributed by atoms with Crippen LogP contribution in [0, 0.1) is 0 Å². The minimum atomic E-state index is -4.41. The van der Waals surface area contributed by atoms with Gasteiger partial charge in [0.15, 0.2) is 0 Å². The number of aromatic nitrogens is 1. The maximum atomic E-state index is 13.5. The summed E-state index contributed by atoms with van der Waals surface area (Å²) < 4.78 is 62.9. The lowest BCUT2D eigenvalue weighted by Gasteiger charge is -2.09. The summed E-state index contributed by atoms with van der Waals surface area (Å²) in [5, 5.41) is 0. The number of halogens is 3. The third-order valence-electron chi connectivity index (χ3n) is 5.24. The van der Waals surface area contributed by atoms with Crippen molar-refractivity contribution in [3.8, 4) is 23.0 Å². The van der Waals surface area contributed by atoms with E-state index in [2.05, 4.69) is 0 Å². The summed E-state index contributed by atoms with van der Waals surface area (Å²) in [5.41, 5.74) is 2.17. The molecule has 8 heteroatoms. The quantitative estimate of drug-likeness (QED) is 0.353. The first kappa shape index (κ1) is 25.7. The Labute approximate surface area is 202 Å². The Morgan fingerprint density at radius 3 is 1.49 bits per heavy atom. The van der Waals surface area contributed by atoms with Crippen LogP contribution in [0.2, 0.25) is 0 Å². The van der Waals surface area contributed by atoms with E-state index in [4.69, 9.17) is 18.9 Å².